The van der Waals surface area contributed by atoms with Gasteiger partial charge in [-0.1, -0.05) is 26.3 Å². The predicted octanol–water partition coefficient (Wildman–Crippen LogP) is 5.48. The molecule has 0 aliphatic heterocycles. The van der Waals surface area contributed by atoms with Crippen molar-refractivity contribution in [3.05, 3.63) is 59.6 Å². The van der Waals surface area contributed by atoms with Gasteiger partial charge in [0.25, 0.3) is 0 Å². The molecule has 0 unspecified atom stereocenters. The van der Waals surface area contributed by atoms with Gasteiger partial charge >= 0.3 is 0 Å². The van der Waals surface area contributed by atoms with Crippen LogP contribution in [0.25, 0.3) is 10.9 Å². The molecule has 0 saturated heterocycles. The van der Waals surface area contributed by atoms with Crippen LogP contribution in [0.5, 0.6) is 0 Å². The molecule has 0 saturated carbocycles. The number of aryl methyl sites for hydroxylation is 4. The summed E-state index contributed by atoms with van der Waals surface area (Å²) in [6.45, 7) is 8.94. The first-order chi connectivity index (χ1) is 14.1. The van der Waals surface area contributed by atoms with Crippen LogP contribution in [0.4, 0.5) is 5.69 Å². The van der Waals surface area contributed by atoms with Gasteiger partial charge < -0.3 is 9.88 Å². The zero-order valence-electron chi connectivity index (χ0n) is 18.4. The predicted molar refractivity (Wildman–Crippen MR) is 124 cm³/mol. The number of aliphatic imine (C=N–C) groups is 1. The van der Waals surface area contributed by atoms with Crippen LogP contribution >= 0.6 is 0 Å². The highest BCUT2D eigenvalue weighted by Crippen LogP contribution is 2.25. The number of nitrogens with one attached hydrogen (secondary N) is 1. The van der Waals surface area contributed by atoms with Crippen molar-refractivity contribution >= 4 is 22.4 Å². The van der Waals surface area contributed by atoms with Gasteiger partial charge in [0.1, 0.15) is 12.5 Å². The largest absolute Gasteiger partial charge is 0.366 e. The van der Waals surface area contributed by atoms with E-state index in [1.54, 1.807) is 0 Å². The zero-order valence-corrected chi connectivity index (χ0v) is 18.4. The van der Waals surface area contributed by atoms with Crippen LogP contribution in [-0.2, 0) is 19.9 Å². The summed E-state index contributed by atoms with van der Waals surface area (Å²) in [5, 5.41) is 9.40. The lowest BCUT2D eigenvalue weighted by atomic mass is 10.1. The Morgan fingerprint density at radius 3 is 2.72 bits per heavy atom. The molecule has 1 aromatic carbocycles. The summed E-state index contributed by atoms with van der Waals surface area (Å²) >= 11 is 0. The fourth-order valence-corrected chi connectivity index (χ4v) is 3.67. The van der Waals surface area contributed by atoms with E-state index in [9.17, 15) is 0 Å². The average Bonchev–Trinajstić information content (AvgIpc) is 3.25. The average molecular weight is 392 g/mol. The molecular formula is C24H33N5. The molecule has 0 aliphatic rings. The first-order valence-electron chi connectivity index (χ1n) is 10.6. The Kier molecular flexibility index (Phi) is 6.91. The summed E-state index contributed by atoms with van der Waals surface area (Å²) in [5.41, 5.74) is 6.11. The fourth-order valence-electron chi connectivity index (χ4n) is 3.67. The maximum atomic E-state index is 4.74. The summed E-state index contributed by atoms with van der Waals surface area (Å²) in [5.74, 6) is 0.840. The summed E-state index contributed by atoms with van der Waals surface area (Å²) in [4.78, 5) is 4.74. The lowest BCUT2D eigenvalue weighted by Gasteiger charge is -2.07. The van der Waals surface area contributed by atoms with Crippen molar-refractivity contribution in [3.63, 3.8) is 0 Å². The SMILES string of the molecule is C/C=C\C(=N/CNc1ccc2c(c1)c(CCCC)cn2C)n1cc(CC)c(C)n1. The Morgan fingerprint density at radius 2 is 2.03 bits per heavy atom. The van der Waals surface area contributed by atoms with Gasteiger partial charge in [-0.25, -0.2) is 9.67 Å². The topological polar surface area (TPSA) is 47.1 Å². The van der Waals surface area contributed by atoms with E-state index in [0.717, 1.165) is 30.1 Å². The zero-order chi connectivity index (χ0) is 20.8. The second-order valence-corrected chi connectivity index (χ2v) is 7.49. The van der Waals surface area contributed by atoms with Crippen molar-refractivity contribution < 1.29 is 0 Å². The molecule has 2 aromatic heterocycles. The van der Waals surface area contributed by atoms with E-state index >= 15 is 0 Å². The Labute approximate surface area is 174 Å². The lowest BCUT2D eigenvalue weighted by molar-refractivity contribution is 0.794. The second-order valence-electron chi connectivity index (χ2n) is 7.49. The number of rotatable bonds is 8. The molecule has 5 heteroatoms. The number of nitrogens with zero attached hydrogens (tertiary/aromatic N) is 4. The molecule has 0 bridgehead atoms. The first kappa shape index (κ1) is 20.9. The smallest absolute Gasteiger partial charge is 0.150 e. The Bertz CT molecular complexity index is 1020. The van der Waals surface area contributed by atoms with Gasteiger partial charge in [0.05, 0.1) is 5.69 Å². The number of allylic oxidation sites excluding steroid dienone is 2. The normalized spacial score (nSPS) is 12.4. The standard InChI is InChI=1S/C24H33N5/c1-6-9-11-20-15-28(5)23-13-12-21(14-22(20)23)25-17-26-24(10-7-2)29-16-19(8-3)18(4)27-29/h7,10,12-16,25H,6,8-9,11,17H2,1-5H3/b10-7-,26-24+. The molecular weight excluding hydrogens is 358 g/mol. The molecule has 29 heavy (non-hydrogen) atoms. The molecule has 0 radical (unpaired) electrons. The third kappa shape index (κ3) is 4.78. The molecule has 0 spiro atoms. The minimum absolute atomic E-state index is 0.503. The van der Waals surface area contributed by atoms with Crippen LogP contribution in [0, 0.1) is 6.92 Å². The van der Waals surface area contributed by atoms with E-state index in [4.69, 9.17) is 4.99 Å². The monoisotopic (exact) mass is 391 g/mol. The molecule has 3 aromatic rings. The maximum absolute atomic E-state index is 4.74. The number of anilines is 1. The van der Waals surface area contributed by atoms with E-state index in [2.05, 4.69) is 66.5 Å². The van der Waals surface area contributed by atoms with Crippen LogP contribution in [0.1, 0.15) is 50.4 Å². The van der Waals surface area contributed by atoms with Crippen molar-refractivity contribution in [3.8, 4) is 0 Å². The van der Waals surface area contributed by atoms with Crippen LogP contribution in [0.15, 0.2) is 47.7 Å². The summed E-state index contributed by atoms with van der Waals surface area (Å²) in [6.07, 6.45) is 12.9. The molecule has 1 N–H and O–H groups in total. The first-order valence-corrected chi connectivity index (χ1v) is 10.6. The van der Waals surface area contributed by atoms with Crippen LogP contribution < -0.4 is 5.32 Å². The van der Waals surface area contributed by atoms with E-state index in [-0.39, 0.29) is 0 Å². The van der Waals surface area contributed by atoms with Crippen molar-refractivity contribution in [1.82, 2.24) is 14.3 Å². The van der Waals surface area contributed by atoms with Crippen molar-refractivity contribution in [2.24, 2.45) is 12.0 Å². The minimum Gasteiger partial charge on any atom is -0.366 e. The van der Waals surface area contributed by atoms with Crippen molar-refractivity contribution in [1.29, 1.82) is 0 Å². The third-order valence-corrected chi connectivity index (χ3v) is 5.33. The Hall–Kier alpha value is -2.82. The van der Waals surface area contributed by atoms with Crippen molar-refractivity contribution in [2.45, 2.75) is 53.4 Å². The minimum atomic E-state index is 0.503. The van der Waals surface area contributed by atoms with Crippen LogP contribution in [0.2, 0.25) is 0 Å². The summed E-state index contributed by atoms with van der Waals surface area (Å²) in [7, 11) is 2.12. The summed E-state index contributed by atoms with van der Waals surface area (Å²) in [6, 6.07) is 6.57. The molecule has 0 amide bonds. The highest BCUT2D eigenvalue weighted by molar-refractivity contribution is 5.94. The molecule has 0 atom stereocenters. The van der Waals surface area contributed by atoms with E-state index in [1.165, 1.54) is 34.9 Å². The highest BCUT2D eigenvalue weighted by atomic mass is 15.3. The lowest BCUT2D eigenvalue weighted by Crippen LogP contribution is -2.12. The molecule has 0 fully saturated rings. The Balaban J connectivity index is 1.78. The van der Waals surface area contributed by atoms with E-state index in [0.29, 0.717) is 6.67 Å². The van der Waals surface area contributed by atoms with Gasteiger partial charge in [0.2, 0.25) is 0 Å². The van der Waals surface area contributed by atoms with Gasteiger partial charge in [-0.2, -0.15) is 5.10 Å². The highest BCUT2D eigenvalue weighted by Gasteiger charge is 2.08. The molecule has 154 valence electrons. The van der Waals surface area contributed by atoms with Gasteiger partial charge in [0.15, 0.2) is 0 Å². The van der Waals surface area contributed by atoms with Gasteiger partial charge in [-0.05, 0) is 68.5 Å². The maximum Gasteiger partial charge on any atom is 0.150 e. The Morgan fingerprint density at radius 1 is 1.21 bits per heavy atom. The number of aromatic nitrogens is 3. The third-order valence-electron chi connectivity index (χ3n) is 5.33. The number of unbranched alkanes of at least 4 members (excludes halogenated alkanes) is 1. The summed E-state index contributed by atoms with van der Waals surface area (Å²) < 4.78 is 4.09. The van der Waals surface area contributed by atoms with Gasteiger partial charge in [0, 0.05) is 36.0 Å². The van der Waals surface area contributed by atoms with Crippen molar-refractivity contribution in [2.75, 3.05) is 12.0 Å². The number of fused-ring (bicyclic) bond motifs is 1. The molecule has 3 rings (SSSR count). The second kappa shape index (κ2) is 9.59. The quantitative estimate of drug-likeness (QED) is 0.408. The number of benzene rings is 1. The molecule has 2 heterocycles. The van der Waals surface area contributed by atoms with E-state index in [1.807, 2.05) is 30.7 Å². The fraction of sp³-hybridized carbons (Fsp3) is 0.417. The van der Waals surface area contributed by atoms with Gasteiger partial charge in [-0.3, -0.25) is 0 Å². The van der Waals surface area contributed by atoms with Crippen LogP contribution in [0.3, 0.4) is 0 Å². The van der Waals surface area contributed by atoms with Gasteiger partial charge in [-0.15, -0.1) is 0 Å². The molecule has 5 nitrogen and oxygen atoms in total. The number of hydrogen-bond acceptors (Lipinski definition) is 3. The van der Waals surface area contributed by atoms with Crippen LogP contribution in [-0.4, -0.2) is 26.9 Å². The van der Waals surface area contributed by atoms with E-state index < -0.39 is 0 Å². The number of hydrogen-bond donors (Lipinski definition) is 1. The molecule has 0 aliphatic carbocycles.